The van der Waals surface area contributed by atoms with Crippen molar-refractivity contribution >= 4 is 5.71 Å². The van der Waals surface area contributed by atoms with Gasteiger partial charge in [-0.15, -0.1) is 5.10 Å². The zero-order chi connectivity index (χ0) is 14.5. The van der Waals surface area contributed by atoms with E-state index < -0.39 is 0 Å². The third-order valence-corrected chi connectivity index (χ3v) is 3.11. The average molecular weight is 282 g/mol. The van der Waals surface area contributed by atoms with E-state index in [4.69, 9.17) is 0 Å². The van der Waals surface area contributed by atoms with Gasteiger partial charge in [0.05, 0.1) is 6.54 Å². The molecule has 0 saturated heterocycles. The molecule has 2 N–H and O–H groups in total. The molecule has 0 aliphatic rings. The van der Waals surface area contributed by atoms with E-state index in [2.05, 4.69) is 25.7 Å². The minimum absolute atomic E-state index is 0.415. The molecule has 0 atom stereocenters. The van der Waals surface area contributed by atoms with Crippen LogP contribution in [0.4, 0.5) is 0 Å². The second kappa shape index (κ2) is 6.00. The van der Waals surface area contributed by atoms with Crippen LogP contribution in [0, 0.1) is 0 Å². The SMILES string of the molecule is O/N=C(/Cc1ccc[nH]1)c1nnnn1Cc1ccccc1. The Bertz CT molecular complexity index is 717. The summed E-state index contributed by atoms with van der Waals surface area (Å²) in [4.78, 5) is 3.06. The number of aromatic amines is 1. The smallest absolute Gasteiger partial charge is 0.200 e. The Balaban J connectivity index is 1.84. The monoisotopic (exact) mass is 282 g/mol. The third-order valence-electron chi connectivity index (χ3n) is 3.11. The van der Waals surface area contributed by atoms with Gasteiger partial charge in [-0.25, -0.2) is 4.68 Å². The van der Waals surface area contributed by atoms with Crippen LogP contribution in [0.15, 0.2) is 53.8 Å². The molecule has 3 aromatic rings. The van der Waals surface area contributed by atoms with E-state index in [1.165, 1.54) is 0 Å². The number of tetrazole rings is 1. The molecule has 2 heterocycles. The van der Waals surface area contributed by atoms with E-state index >= 15 is 0 Å². The number of benzene rings is 1. The van der Waals surface area contributed by atoms with Gasteiger partial charge in [-0.05, 0) is 28.1 Å². The quantitative estimate of drug-likeness (QED) is 0.421. The minimum Gasteiger partial charge on any atom is -0.411 e. The second-order valence-corrected chi connectivity index (χ2v) is 4.56. The lowest BCUT2D eigenvalue weighted by Crippen LogP contribution is -2.16. The number of hydrogen-bond acceptors (Lipinski definition) is 5. The summed E-state index contributed by atoms with van der Waals surface area (Å²) in [7, 11) is 0. The van der Waals surface area contributed by atoms with Crippen LogP contribution < -0.4 is 0 Å². The van der Waals surface area contributed by atoms with Crippen LogP contribution in [0.25, 0.3) is 0 Å². The first-order valence-electron chi connectivity index (χ1n) is 6.50. The lowest BCUT2D eigenvalue weighted by atomic mass is 10.2. The van der Waals surface area contributed by atoms with Gasteiger partial charge in [0, 0.05) is 18.3 Å². The number of aromatic nitrogens is 5. The summed E-state index contributed by atoms with van der Waals surface area (Å²) in [5, 5.41) is 24.2. The molecule has 2 aromatic heterocycles. The van der Waals surface area contributed by atoms with Crippen LogP contribution in [0.3, 0.4) is 0 Å². The molecule has 0 fully saturated rings. The largest absolute Gasteiger partial charge is 0.411 e. The first-order valence-corrected chi connectivity index (χ1v) is 6.50. The predicted octanol–water partition coefficient (Wildman–Crippen LogP) is 1.47. The van der Waals surface area contributed by atoms with E-state index in [0.29, 0.717) is 24.5 Å². The van der Waals surface area contributed by atoms with Gasteiger partial charge in [0.2, 0.25) is 5.82 Å². The van der Waals surface area contributed by atoms with E-state index in [1.807, 2.05) is 48.7 Å². The zero-order valence-corrected chi connectivity index (χ0v) is 11.2. The molecule has 0 bridgehead atoms. The summed E-state index contributed by atoms with van der Waals surface area (Å²) in [6.45, 7) is 0.521. The third kappa shape index (κ3) is 2.97. The molecule has 0 radical (unpaired) electrons. The zero-order valence-electron chi connectivity index (χ0n) is 11.2. The molecule has 0 aliphatic carbocycles. The lowest BCUT2D eigenvalue weighted by molar-refractivity contribution is 0.317. The number of oxime groups is 1. The van der Waals surface area contributed by atoms with E-state index in [0.717, 1.165) is 11.3 Å². The minimum atomic E-state index is 0.415. The molecule has 7 heteroatoms. The molecule has 0 unspecified atom stereocenters. The Morgan fingerprint density at radius 1 is 1.19 bits per heavy atom. The van der Waals surface area contributed by atoms with E-state index in [9.17, 15) is 5.21 Å². The van der Waals surface area contributed by atoms with Gasteiger partial charge in [0.15, 0.2) is 0 Å². The summed E-state index contributed by atoms with van der Waals surface area (Å²) < 4.78 is 1.62. The number of nitrogens with zero attached hydrogens (tertiary/aromatic N) is 5. The average Bonchev–Trinajstić information content (AvgIpc) is 3.17. The van der Waals surface area contributed by atoms with E-state index in [1.54, 1.807) is 4.68 Å². The van der Waals surface area contributed by atoms with Crippen LogP contribution >= 0.6 is 0 Å². The Kier molecular flexibility index (Phi) is 3.72. The molecule has 1 aromatic carbocycles. The molecule has 0 saturated carbocycles. The Hall–Kier alpha value is -2.96. The van der Waals surface area contributed by atoms with Crippen molar-refractivity contribution in [2.45, 2.75) is 13.0 Å². The maximum Gasteiger partial charge on any atom is 0.200 e. The molecule has 21 heavy (non-hydrogen) atoms. The summed E-state index contributed by atoms with van der Waals surface area (Å²) in [6.07, 6.45) is 2.25. The van der Waals surface area contributed by atoms with Crippen molar-refractivity contribution in [3.63, 3.8) is 0 Å². The number of H-pyrrole nitrogens is 1. The number of rotatable bonds is 5. The molecule has 0 spiro atoms. The van der Waals surface area contributed by atoms with Crippen LogP contribution in [0.1, 0.15) is 17.1 Å². The van der Waals surface area contributed by atoms with Gasteiger partial charge in [-0.3, -0.25) is 0 Å². The van der Waals surface area contributed by atoms with Crippen LogP contribution in [-0.2, 0) is 13.0 Å². The Morgan fingerprint density at radius 3 is 2.76 bits per heavy atom. The number of nitrogens with one attached hydrogen (secondary N) is 1. The summed E-state index contributed by atoms with van der Waals surface area (Å²) in [6, 6.07) is 13.7. The summed E-state index contributed by atoms with van der Waals surface area (Å²) in [5.41, 5.74) is 2.42. The summed E-state index contributed by atoms with van der Waals surface area (Å²) in [5.74, 6) is 0.455. The highest BCUT2D eigenvalue weighted by molar-refractivity contribution is 5.98. The van der Waals surface area contributed by atoms with E-state index in [-0.39, 0.29) is 0 Å². The maximum absolute atomic E-state index is 9.25. The van der Waals surface area contributed by atoms with Crippen molar-refractivity contribution in [1.29, 1.82) is 0 Å². The Labute approximate surface area is 120 Å². The Morgan fingerprint density at radius 2 is 2.05 bits per heavy atom. The van der Waals surface area contributed by atoms with Gasteiger partial charge < -0.3 is 10.2 Å². The highest BCUT2D eigenvalue weighted by atomic mass is 16.4. The van der Waals surface area contributed by atoms with Crippen molar-refractivity contribution in [2.75, 3.05) is 0 Å². The topological polar surface area (TPSA) is 92.0 Å². The highest BCUT2D eigenvalue weighted by Crippen LogP contribution is 2.07. The lowest BCUT2D eigenvalue weighted by Gasteiger charge is -2.05. The van der Waals surface area contributed by atoms with Crippen molar-refractivity contribution in [1.82, 2.24) is 25.2 Å². The molecular weight excluding hydrogens is 268 g/mol. The second-order valence-electron chi connectivity index (χ2n) is 4.56. The highest BCUT2D eigenvalue weighted by Gasteiger charge is 2.15. The summed E-state index contributed by atoms with van der Waals surface area (Å²) >= 11 is 0. The van der Waals surface area contributed by atoms with Gasteiger partial charge >= 0.3 is 0 Å². The number of hydrogen-bond donors (Lipinski definition) is 2. The van der Waals surface area contributed by atoms with Gasteiger partial charge in [0.25, 0.3) is 0 Å². The molecule has 0 amide bonds. The van der Waals surface area contributed by atoms with Crippen molar-refractivity contribution < 1.29 is 5.21 Å². The van der Waals surface area contributed by atoms with Crippen molar-refractivity contribution in [3.8, 4) is 0 Å². The van der Waals surface area contributed by atoms with Crippen molar-refractivity contribution in [2.24, 2.45) is 5.16 Å². The van der Waals surface area contributed by atoms with Gasteiger partial charge in [-0.1, -0.05) is 35.5 Å². The fraction of sp³-hybridized carbons (Fsp3) is 0.143. The maximum atomic E-state index is 9.25. The fourth-order valence-corrected chi connectivity index (χ4v) is 2.09. The van der Waals surface area contributed by atoms with Crippen molar-refractivity contribution in [3.05, 3.63) is 65.7 Å². The first-order chi connectivity index (χ1) is 10.4. The molecule has 106 valence electrons. The standard InChI is InChI=1S/C14H14N6O/c21-17-13(9-12-7-4-8-15-12)14-16-18-19-20(14)10-11-5-2-1-3-6-11/h1-8,15,21H,9-10H2/b17-13-. The molecule has 3 rings (SSSR count). The molecule has 0 aliphatic heterocycles. The van der Waals surface area contributed by atoms with Crippen LogP contribution in [-0.4, -0.2) is 36.1 Å². The van der Waals surface area contributed by atoms with Crippen LogP contribution in [0.2, 0.25) is 0 Å². The van der Waals surface area contributed by atoms with Gasteiger partial charge in [0.1, 0.15) is 5.71 Å². The molecular formula is C14H14N6O. The first kappa shape index (κ1) is 13.0. The fourth-order valence-electron chi connectivity index (χ4n) is 2.09. The van der Waals surface area contributed by atoms with Gasteiger partial charge in [-0.2, -0.15) is 0 Å². The predicted molar refractivity (Wildman–Crippen MR) is 76.2 cm³/mol. The normalized spacial score (nSPS) is 11.7. The molecule has 7 nitrogen and oxygen atoms in total. The van der Waals surface area contributed by atoms with Crippen LogP contribution in [0.5, 0.6) is 0 Å².